The largest absolute Gasteiger partial charge is 0.512 e. The summed E-state index contributed by atoms with van der Waals surface area (Å²) in [5, 5.41) is 34.8. The second-order valence-corrected chi connectivity index (χ2v) is 14.9. The monoisotopic (exact) mass is 641 g/mol. The van der Waals surface area contributed by atoms with Gasteiger partial charge >= 0.3 is 0 Å². The molecule has 0 aromatic heterocycles. The molecule has 1 aliphatic heterocycles. The second-order valence-electron chi connectivity index (χ2n) is 14.9. The van der Waals surface area contributed by atoms with Crippen molar-refractivity contribution in [3.63, 3.8) is 0 Å². The average molecular weight is 642 g/mol. The molecule has 0 bridgehead atoms. The SMILES string of the molecule is COc1ccc(CN2CCC(C)CC2)cc1-c1ccc(O)c2c1CC1CC3C(C(O)=C1C2=O)[C@H](C1CC1)C(C(N)=O)=C(O)[C@H]3N(C)C. The van der Waals surface area contributed by atoms with Gasteiger partial charge in [0.1, 0.15) is 23.0 Å². The molecule has 7 rings (SSSR count). The maximum atomic E-state index is 14.5. The van der Waals surface area contributed by atoms with Gasteiger partial charge in [0.2, 0.25) is 5.91 Å². The smallest absolute Gasteiger partial charge is 0.248 e. The minimum absolute atomic E-state index is 0.0116. The molecule has 1 heterocycles. The predicted octanol–water partition coefficient (Wildman–Crippen LogP) is 5.37. The van der Waals surface area contributed by atoms with Gasteiger partial charge < -0.3 is 25.8 Å². The highest BCUT2D eigenvalue weighted by atomic mass is 16.5. The zero-order chi connectivity index (χ0) is 33.3. The van der Waals surface area contributed by atoms with Gasteiger partial charge in [0.25, 0.3) is 0 Å². The Labute approximate surface area is 276 Å². The molecule has 0 spiro atoms. The number of phenolic OH excluding ortho intramolecular Hbond substituents is 1. The Bertz CT molecular complexity index is 1680. The third-order valence-corrected chi connectivity index (χ3v) is 11.7. The van der Waals surface area contributed by atoms with E-state index in [9.17, 15) is 24.9 Å². The third kappa shape index (κ3) is 5.32. The number of carbonyl (C=O) groups excluding carboxylic acids is 2. The van der Waals surface area contributed by atoms with Gasteiger partial charge in [-0.3, -0.25) is 19.4 Å². The fourth-order valence-electron chi connectivity index (χ4n) is 9.32. The number of amides is 1. The van der Waals surface area contributed by atoms with Crippen molar-refractivity contribution in [1.29, 1.82) is 0 Å². The van der Waals surface area contributed by atoms with Crippen LogP contribution in [0.2, 0.25) is 0 Å². The van der Waals surface area contributed by atoms with E-state index in [1.165, 1.54) is 12.8 Å². The van der Waals surface area contributed by atoms with Gasteiger partial charge in [0, 0.05) is 29.5 Å². The van der Waals surface area contributed by atoms with Crippen molar-refractivity contribution >= 4 is 11.7 Å². The molecular weight excluding hydrogens is 594 g/mol. The Morgan fingerprint density at radius 3 is 2.36 bits per heavy atom. The molecule has 250 valence electrons. The first kappa shape index (κ1) is 31.8. The predicted molar refractivity (Wildman–Crippen MR) is 179 cm³/mol. The van der Waals surface area contributed by atoms with Gasteiger partial charge in [-0.2, -0.15) is 0 Å². The van der Waals surface area contributed by atoms with Crippen molar-refractivity contribution in [2.24, 2.45) is 41.2 Å². The van der Waals surface area contributed by atoms with Gasteiger partial charge in [-0.1, -0.05) is 19.1 Å². The molecule has 2 aromatic carbocycles. The fourth-order valence-corrected chi connectivity index (χ4v) is 9.32. The maximum absolute atomic E-state index is 14.5. The number of hydrogen-bond acceptors (Lipinski definition) is 8. The Kier molecular flexibility index (Phi) is 8.12. The number of carbonyl (C=O) groups is 2. The number of aliphatic hydroxyl groups excluding tert-OH is 2. The van der Waals surface area contributed by atoms with Crippen LogP contribution in [0.3, 0.4) is 0 Å². The van der Waals surface area contributed by atoms with E-state index in [0.29, 0.717) is 24.2 Å². The summed E-state index contributed by atoms with van der Waals surface area (Å²) in [6.45, 7) is 5.27. The number of fused-ring (bicyclic) bond motifs is 3. The van der Waals surface area contributed by atoms with E-state index in [-0.39, 0.29) is 51.9 Å². The highest BCUT2D eigenvalue weighted by molar-refractivity contribution is 6.14. The number of benzene rings is 2. The van der Waals surface area contributed by atoms with Crippen molar-refractivity contribution in [2.75, 3.05) is 34.3 Å². The molecule has 2 fully saturated rings. The van der Waals surface area contributed by atoms with Crippen molar-refractivity contribution in [3.05, 3.63) is 69.7 Å². The number of rotatable bonds is 7. The molecule has 5 N–H and O–H groups in total. The lowest BCUT2D eigenvalue weighted by Gasteiger charge is -2.50. The minimum Gasteiger partial charge on any atom is -0.512 e. The topological polar surface area (TPSA) is 137 Å². The number of ether oxygens (including phenoxy) is 1. The lowest BCUT2D eigenvalue weighted by atomic mass is 9.57. The Morgan fingerprint density at radius 1 is 1.00 bits per heavy atom. The molecule has 5 aliphatic rings. The average Bonchev–Trinajstić information content (AvgIpc) is 3.87. The first-order chi connectivity index (χ1) is 22.5. The molecule has 9 heteroatoms. The van der Waals surface area contributed by atoms with Crippen LogP contribution in [0.5, 0.6) is 11.5 Å². The number of likely N-dealkylation sites (N-methyl/N-ethyl adjacent to an activating group) is 1. The van der Waals surface area contributed by atoms with E-state index < -0.39 is 23.8 Å². The zero-order valence-corrected chi connectivity index (χ0v) is 27.8. The number of piperidine rings is 1. The van der Waals surface area contributed by atoms with Crippen LogP contribution in [-0.2, 0) is 17.8 Å². The molecule has 3 unspecified atom stereocenters. The van der Waals surface area contributed by atoms with E-state index in [1.807, 2.05) is 31.1 Å². The van der Waals surface area contributed by atoms with Crippen LogP contribution in [0, 0.1) is 35.5 Å². The number of primary amides is 1. The van der Waals surface area contributed by atoms with Crippen molar-refractivity contribution in [2.45, 2.75) is 58.0 Å². The molecular formula is C38H47N3O6. The van der Waals surface area contributed by atoms with Crippen molar-refractivity contribution in [3.8, 4) is 22.6 Å². The Hall–Kier alpha value is -3.82. The van der Waals surface area contributed by atoms with E-state index in [4.69, 9.17) is 10.5 Å². The number of phenols is 1. The van der Waals surface area contributed by atoms with Crippen LogP contribution in [0.1, 0.15) is 60.5 Å². The number of Topliss-reactive ketones (excluding diaryl/α,β-unsaturated/α-hetero) is 1. The van der Waals surface area contributed by atoms with Gasteiger partial charge in [-0.15, -0.1) is 0 Å². The number of methoxy groups -OCH3 is 1. The van der Waals surface area contributed by atoms with Crippen molar-refractivity contribution in [1.82, 2.24) is 9.80 Å². The first-order valence-corrected chi connectivity index (χ1v) is 17.1. The van der Waals surface area contributed by atoms with Crippen LogP contribution in [-0.4, -0.2) is 77.1 Å². The normalized spacial score (nSPS) is 28.3. The molecule has 9 nitrogen and oxygen atoms in total. The molecule has 1 saturated heterocycles. The lowest BCUT2D eigenvalue weighted by Crippen LogP contribution is -2.53. The van der Waals surface area contributed by atoms with Crippen LogP contribution in [0.15, 0.2) is 53.0 Å². The van der Waals surface area contributed by atoms with Gasteiger partial charge in [-0.25, -0.2) is 0 Å². The number of allylic oxidation sites excluding steroid dienone is 2. The summed E-state index contributed by atoms with van der Waals surface area (Å²) in [5.41, 5.74) is 10.2. The highest BCUT2D eigenvalue weighted by Crippen LogP contribution is 2.58. The fraction of sp³-hybridized carbons (Fsp3) is 0.526. The van der Waals surface area contributed by atoms with E-state index in [0.717, 1.165) is 60.6 Å². The number of aromatic hydroxyl groups is 1. The van der Waals surface area contributed by atoms with Gasteiger partial charge in [-0.05, 0) is 124 Å². The van der Waals surface area contributed by atoms with Crippen LogP contribution in [0.4, 0.5) is 0 Å². The summed E-state index contributed by atoms with van der Waals surface area (Å²) in [6.07, 6.45) is 5.10. The van der Waals surface area contributed by atoms with Crippen LogP contribution in [0.25, 0.3) is 11.1 Å². The van der Waals surface area contributed by atoms with Gasteiger partial charge in [0.15, 0.2) is 5.78 Å². The lowest BCUT2D eigenvalue weighted by molar-refractivity contribution is -0.116. The first-order valence-electron chi connectivity index (χ1n) is 17.1. The molecule has 1 saturated carbocycles. The zero-order valence-electron chi connectivity index (χ0n) is 27.8. The van der Waals surface area contributed by atoms with E-state index in [2.05, 4.69) is 24.0 Å². The summed E-state index contributed by atoms with van der Waals surface area (Å²) in [5.74, 6) is -1.19. The summed E-state index contributed by atoms with van der Waals surface area (Å²) in [4.78, 5) is 31.6. The molecule has 1 amide bonds. The number of likely N-dealkylation sites (tertiary alicyclic amines) is 1. The van der Waals surface area contributed by atoms with Crippen LogP contribution >= 0.6 is 0 Å². The summed E-state index contributed by atoms with van der Waals surface area (Å²) in [7, 11) is 5.35. The Morgan fingerprint density at radius 2 is 1.72 bits per heavy atom. The molecule has 4 aliphatic carbocycles. The Balaban J connectivity index is 1.32. The number of hydrogen-bond donors (Lipinski definition) is 4. The summed E-state index contributed by atoms with van der Waals surface area (Å²) < 4.78 is 5.84. The quantitative estimate of drug-likeness (QED) is 0.317. The van der Waals surface area contributed by atoms with Crippen molar-refractivity contribution < 1.29 is 29.6 Å². The number of nitrogens with zero attached hydrogens (tertiary/aromatic N) is 2. The molecule has 47 heavy (non-hydrogen) atoms. The second kappa shape index (κ2) is 12.0. The molecule has 0 radical (unpaired) electrons. The maximum Gasteiger partial charge on any atom is 0.248 e. The van der Waals surface area contributed by atoms with Gasteiger partial charge in [0.05, 0.1) is 24.3 Å². The number of aliphatic hydroxyl groups is 2. The van der Waals surface area contributed by atoms with Crippen LogP contribution < -0.4 is 10.5 Å². The number of ketones is 1. The third-order valence-electron chi connectivity index (χ3n) is 11.7. The highest BCUT2D eigenvalue weighted by Gasteiger charge is 2.57. The number of nitrogens with two attached hydrogens (primary N) is 1. The molecule has 5 atom stereocenters. The van der Waals surface area contributed by atoms with E-state index in [1.54, 1.807) is 13.2 Å². The molecule has 2 aromatic rings. The standard InChI is InChI=1S/C38H47N3O6/c1-19-11-13-41(14-12-19)18-20-5-10-28(47-4)24(15-20)23-8-9-27(42)31-25(23)16-22-17-26-32(36(44)30(22)35(31)43)29(21-6-7-21)33(38(39)46)37(45)34(26)40(2)3/h5,8-10,15,19,21-22,26,29,32,34,42,44-45H,6-7,11-14,16-18H2,1-4H3,(H2,39,46)/t22?,26?,29-,32?,34-/m0/s1. The minimum atomic E-state index is -0.682. The summed E-state index contributed by atoms with van der Waals surface area (Å²) >= 11 is 0. The summed E-state index contributed by atoms with van der Waals surface area (Å²) in [6, 6.07) is 9.12. The van der Waals surface area contributed by atoms with E-state index >= 15 is 0 Å².